The summed E-state index contributed by atoms with van der Waals surface area (Å²) in [5, 5.41) is 10.3. The third-order valence-corrected chi connectivity index (χ3v) is 6.67. The van der Waals surface area contributed by atoms with Crippen LogP contribution in [0.1, 0.15) is 48.0 Å². The molecule has 2 aromatic rings. The SMILES string of the molecule is O=C(O)c1cccc(N=C2S/C(=C\C(Cl)=C\c3ccccc3)C(=O)N2C2CCCCC2)c1. The number of carbonyl (C=O) groups excluding carboxylic acids is 1. The fourth-order valence-electron chi connectivity index (χ4n) is 3.92. The first kappa shape index (κ1) is 22.4. The lowest BCUT2D eigenvalue weighted by molar-refractivity contribution is -0.124. The van der Waals surface area contributed by atoms with Crippen LogP contribution in [-0.4, -0.2) is 33.1 Å². The highest BCUT2D eigenvalue weighted by molar-refractivity contribution is 8.18. The van der Waals surface area contributed by atoms with Crippen molar-refractivity contribution >= 4 is 52.2 Å². The van der Waals surface area contributed by atoms with Crippen LogP contribution >= 0.6 is 23.4 Å². The van der Waals surface area contributed by atoms with Gasteiger partial charge < -0.3 is 5.11 Å². The predicted octanol–water partition coefficient (Wildman–Crippen LogP) is 6.44. The zero-order chi connectivity index (χ0) is 22.5. The summed E-state index contributed by atoms with van der Waals surface area (Å²) in [5.74, 6) is -1.11. The molecule has 1 aliphatic heterocycles. The van der Waals surface area contributed by atoms with Crippen molar-refractivity contribution in [3.63, 3.8) is 0 Å². The van der Waals surface area contributed by atoms with E-state index in [9.17, 15) is 14.7 Å². The Kier molecular flexibility index (Phi) is 7.12. The number of aromatic carboxylic acids is 1. The maximum absolute atomic E-state index is 13.3. The highest BCUT2D eigenvalue weighted by Gasteiger charge is 2.38. The number of carbonyl (C=O) groups is 2. The summed E-state index contributed by atoms with van der Waals surface area (Å²) in [4.78, 5) is 31.6. The van der Waals surface area contributed by atoms with E-state index in [1.807, 2.05) is 36.4 Å². The van der Waals surface area contributed by atoms with Crippen molar-refractivity contribution in [2.75, 3.05) is 0 Å². The fourth-order valence-corrected chi connectivity index (χ4v) is 5.27. The summed E-state index contributed by atoms with van der Waals surface area (Å²) in [6.07, 6.45) is 8.70. The van der Waals surface area contributed by atoms with E-state index in [0.717, 1.165) is 31.2 Å². The molecule has 2 aromatic carbocycles. The number of hydrogen-bond donors (Lipinski definition) is 1. The minimum atomic E-state index is -1.01. The van der Waals surface area contributed by atoms with Crippen LogP contribution in [0.5, 0.6) is 0 Å². The first-order valence-corrected chi connectivity index (χ1v) is 11.8. The first-order chi connectivity index (χ1) is 15.5. The molecule has 7 heteroatoms. The number of halogens is 1. The van der Waals surface area contributed by atoms with Crippen molar-refractivity contribution in [1.82, 2.24) is 4.90 Å². The predicted molar refractivity (Wildman–Crippen MR) is 130 cm³/mol. The van der Waals surface area contributed by atoms with Crippen LogP contribution < -0.4 is 0 Å². The minimum absolute atomic E-state index is 0.0907. The average Bonchev–Trinajstić information content (AvgIpc) is 3.09. The van der Waals surface area contributed by atoms with E-state index in [-0.39, 0.29) is 17.5 Å². The number of thioether (sulfide) groups is 1. The molecule has 2 fully saturated rings. The Labute approximate surface area is 196 Å². The topological polar surface area (TPSA) is 70.0 Å². The van der Waals surface area contributed by atoms with Gasteiger partial charge in [-0.1, -0.05) is 67.3 Å². The normalized spacial score (nSPS) is 20.3. The quantitative estimate of drug-likeness (QED) is 0.514. The van der Waals surface area contributed by atoms with Crippen LogP contribution in [0.25, 0.3) is 6.08 Å². The molecule has 1 heterocycles. The van der Waals surface area contributed by atoms with Gasteiger partial charge in [0.05, 0.1) is 16.2 Å². The molecule has 32 heavy (non-hydrogen) atoms. The van der Waals surface area contributed by atoms with Gasteiger partial charge in [-0.2, -0.15) is 0 Å². The maximum atomic E-state index is 13.3. The highest BCUT2D eigenvalue weighted by Crippen LogP contribution is 2.38. The lowest BCUT2D eigenvalue weighted by Crippen LogP contribution is -2.40. The number of benzene rings is 2. The number of amides is 1. The van der Waals surface area contributed by atoms with Crippen LogP contribution in [0, 0.1) is 0 Å². The zero-order valence-corrected chi connectivity index (χ0v) is 19.0. The maximum Gasteiger partial charge on any atom is 0.335 e. The Hall–Kier alpha value is -2.83. The highest BCUT2D eigenvalue weighted by atomic mass is 35.5. The number of nitrogens with zero attached hydrogens (tertiary/aromatic N) is 2. The summed E-state index contributed by atoms with van der Waals surface area (Å²) in [6, 6.07) is 16.2. The molecule has 0 bridgehead atoms. The van der Waals surface area contributed by atoms with Crippen LogP contribution in [0.2, 0.25) is 0 Å². The van der Waals surface area contributed by atoms with Gasteiger partial charge in [0.2, 0.25) is 0 Å². The summed E-state index contributed by atoms with van der Waals surface area (Å²) >= 11 is 7.74. The molecule has 2 aliphatic rings. The third kappa shape index (κ3) is 5.31. The Morgan fingerprint density at radius 2 is 1.84 bits per heavy atom. The molecule has 0 aromatic heterocycles. The lowest BCUT2D eigenvalue weighted by Gasteiger charge is -2.30. The molecule has 5 nitrogen and oxygen atoms in total. The number of carboxylic acids is 1. The van der Waals surface area contributed by atoms with Gasteiger partial charge >= 0.3 is 5.97 Å². The Bertz CT molecular complexity index is 1110. The fraction of sp³-hybridized carbons (Fsp3) is 0.240. The van der Waals surface area contributed by atoms with Gasteiger partial charge in [-0.05, 0) is 60.5 Å². The summed E-state index contributed by atoms with van der Waals surface area (Å²) in [5.41, 5.74) is 1.62. The Morgan fingerprint density at radius 3 is 2.56 bits per heavy atom. The average molecular weight is 467 g/mol. The van der Waals surface area contributed by atoms with E-state index in [0.29, 0.717) is 20.8 Å². The van der Waals surface area contributed by atoms with Gasteiger partial charge in [0.15, 0.2) is 5.17 Å². The number of carboxylic acid groups (broad SMARTS) is 1. The van der Waals surface area contributed by atoms with Gasteiger partial charge in [-0.3, -0.25) is 9.69 Å². The Balaban J connectivity index is 1.68. The molecule has 1 N–H and O–H groups in total. The smallest absolute Gasteiger partial charge is 0.335 e. The lowest BCUT2D eigenvalue weighted by atomic mass is 9.94. The molecule has 0 spiro atoms. The van der Waals surface area contributed by atoms with Crippen LogP contribution in [0.15, 0.2) is 75.6 Å². The van der Waals surface area contributed by atoms with Gasteiger partial charge in [-0.25, -0.2) is 9.79 Å². The van der Waals surface area contributed by atoms with Crippen molar-refractivity contribution < 1.29 is 14.7 Å². The molecule has 1 amide bonds. The summed E-state index contributed by atoms with van der Waals surface area (Å²) in [6.45, 7) is 0. The van der Waals surface area contributed by atoms with Gasteiger partial charge in [0.1, 0.15) is 0 Å². The van der Waals surface area contributed by atoms with E-state index in [2.05, 4.69) is 4.99 Å². The third-order valence-electron chi connectivity index (χ3n) is 5.47. The second kappa shape index (κ2) is 10.2. The van der Waals surface area contributed by atoms with Crippen LogP contribution in [0.3, 0.4) is 0 Å². The van der Waals surface area contributed by atoms with Crippen LogP contribution in [-0.2, 0) is 4.79 Å². The second-order valence-corrected chi connectivity index (χ2v) is 9.21. The molecule has 0 atom stereocenters. The molecule has 0 radical (unpaired) electrons. The number of amidine groups is 1. The largest absolute Gasteiger partial charge is 0.478 e. The summed E-state index contributed by atoms with van der Waals surface area (Å²) in [7, 11) is 0. The van der Waals surface area contributed by atoms with Gasteiger partial charge in [0.25, 0.3) is 5.91 Å². The molecule has 164 valence electrons. The van der Waals surface area contributed by atoms with E-state index in [1.165, 1.54) is 30.3 Å². The number of rotatable bonds is 5. The minimum Gasteiger partial charge on any atom is -0.478 e. The molecule has 1 saturated carbocycles. The van der Waals surface area contributed by atoms with Crippen molar-refractivity contribution in [2.45, 2.75) is 38.1 Å². The van der Waals surface area contributed by atoms with E-state index in [1.54, 1.807) is 23.1 Å². The standard InChI is InChI=1S/C25H23ClN2O3S/c26-19(14-17-8-3-1-4-9-17)16-22-23(29)28(21-12-5-2-6-13-21)25(32-22)27-20-11-7-10-18(15-20)24(30)31/h1,3-4,7-11,14-16,21H,2,5-6,12-13H2,(H,30,31)/b19-14-,22-16-,27-25?. The molecular weight excluding hydrogens is 444 g/mol. The van der Waals surface area contributed by atoms with Crippen molar-refractivity contribution in [3.05, 3.63) is 81.7 Å². The zero-order valence-electron chi connectivity index (χ0n) is 17.4. The van der Waals surface area contributed by atoms with E-state index >= 15 is 0 Å². The number of allylic oxidation sites excluding steroid dienone is 2. The summed E-state index contributed by atoms with van der Waals surface area (Å²) < 4.78 is 0. The Morgan fingerprint density at radius 1 is 1.09 bits per heavy atom. The van der Waals surface area contributed by atoms with E-state index in [4.69, 9.17) is 11.6 Å². The van der Waals surface area contributed by atoms with Gasteiger partial charge in [0, 0.05) is 11.1 Å². The molecule has 4 rings (SSSR count). The van der Waals surface area contributed by atoms with E-state index < -0.39 is 5.97 Å². The number of hydrogen-bond acceptors (Lipinski definition) is 4. The van der Waals surface area contributed by atoms with Crippen LogP contribution in [0.4, 0.5) is 5.69 Å². The molecule has 1 saturated heterocycles. The monoisotopic (exact) mass is 466 g/mol. The van der Waals surface area contributed by atoms with Gasteiger partial charge in [-0.15, -0.1) is 0 Å². The molecule has 1 aliphatic carbocycles. The molecule has 0 unspecified atom stereocenters. The van der Waals surface area contributed by atoms with Crippen molar-refractivity contribution in [3.8, 4) is 0 Å². The number of aliphatic imine (C=N–C) groups is 1. The van der Waals surface area contributed by atoms with Crippen molar-refractivity contribution in [1.29, 1.82) is 0 Å². The van der Waals surface area contributed by atoms with Crippen molar-refractivity contribution in [2.24, 2.45) is 4.99 Å². The first-order valence-electron chi connectivity index (χ1n) is 10.6. The second-order valence-electron chi connectivity index (χ2n) is 7.77. The molecular formula is C25H23ClN2O3S.